The Morgan fingerprint density at radius 1 is 0.828 bits per heavy atom. The molecular formula is C25H29N2O2+. The third-order valence-corrected chi connectivity index (χ3v) is 4.71. The molecule has 0 radical (unpaired) electrons. The molecule has 29 heavy (non-hydrogen) atoms. The van der Waals surface area contributed by atoms with E-state index in [1.165, 1.54) is 16.0 Å². The Labute approximate surface area is 173 Å². The summed E-state index contributed by atoms with van der Waals surface area (Å²) in [5.74, 6) is 0.634. The van der Waals surface area contributed by atoms with Crippen molar-refractivity contribution in [1.29, 1.82) is 0 Å². The highest BCUT2D eigenvalue weighted by atomic mass is 16.5. The molecule has 0 aliphatic heterocycles. The molecular weight excluding hydrogens is 360 g/mol. The van der Waals surface area contributed by atoms with E-state index in [0.717, 1.165) is 29.8 Å². The van der Waals surface area contributed by atoms with Gasteiger partial charge in [-0.2, -0.15) is 0 Å². The lowest BCUT2D eigenvalue weighted by molar-refractivity contribution is -0.872. The van der Waals surface area contributed by atoms with Gasteiger partial charge >= 0.3 is 0 Å². The van der Waals surface area contributed by atoms with Gasteiger partial charge in [0.05, 0.1) is 14.1 Å². The number of para-hydroxylation sites is 1. The fourth-order valence-electron chi connectivity index (χ4n) is 3.28. The van der Waals surface area contributed by atoms with Crippen LogP contribution in [0.3, 0.4) is 0 Å². The zero-order chi connectivity index (χ0) is 20.5. The quantitative estimate of drug-likeness (QED) is 0.591. The topological polar surface area (TPSA) is 42.8 Å². The van der Waals surface area contributed by atoms with Gasteiger partial charge in [0.1, 0.15) is 12.3 Å². The minimum atomic E-state index is -0.119. The molecule has 3 rings (SSSR count). The molecule has 4 heteroatoms. The van der Waals surface area contributed by atoms with Crippen molar-refractivity contribution in [3.63, 3.8) is 0 Å². The number of rotatable bonds is 9. The predicted molar refractivity (Wildman–Crippen MR) is 116 cm³/mol. The Morgan fingerprint density at radius 3 is 2.17 bits per heavy atom. The third kappa shape index (κ3) is 6.47. The molecule has 0 atom stereocenters. The zero-order valence-electron chi connectivity index (χ0n) is 17.2. The van der Waals surface area contributed by atoms with Gasteiger partial charge in [0.2, 0.25) is 0 Å². The van der Waals surface area contributed by atoms with Crippen molar-refractivity contribution in [2.75, 3.05) is 20.7 Å². The van der Waals surface area contributed by atoms with Crippen LogP contribution in [0.25, 0.3) is 0 Å². The summed E-state index contributed by atoms with van der Waals surface area (Å²) in [7, 11) is 4.24. The molecule has 0 spiro atoms. The first-order valence-electron chi connectivity index (χ1n) is 9.99. The average molecular weight is 390 g/mol. The summed E-state index contributed by atoms with van der Waals surface area (Å²) < 4.78 is 5.84. The minimum absolute atomic E-state index is 0.00685. The van der Waals surface area contributed by atoms with Gasteiger partial charge < -0.3 is 15.0 Å². The first kappa shape index (κ1) is 20.6. The van der Waals surface area contributed by atoms with Gasteiger partial charge in [-0.25, -0.2) is 0 Å². The molecule has 1 amide bonds. The maximum absolute atomic E-state index is 12.4. The van der Waals surface area contributed by atoms with E-state index in [0.29, 0.717) is 6.54 Å². The van der Waals surface area contributed by atoms with E-state index in [4.69, 9.17) is 4.74 Å². The van der Waals surface area contributed by atoms with Crippen LogP contribution < -0.4 is 15.0 Å². The lowest BCUT2D eigenvalue weighted by Gasteiger charge is -2.14. The standard InChI is InChI=1S/C25H28N2O2/c1-27(2)18-23-14-7-6-13-22(23)17-26-25(28)19-29-24-15-9-8-12-21(24)16-20-10-4-3-5-11-20/h3-15H,16-19H2,1-2H3,(H,26,28)/p+1. The highest BCUT2D eigenvalue weighted by molar-refractivity contribution is 5.77. The number of carbonyl (C=O) groups is 1. The normalized spacial score (nSPS) is 10.7. The first-order chi connectivity index (χ1) is 14.1. The molecule has 0 aliphatic carbocycles. The Hall–Kier alpha value is -3.11. The second kappa shape index (κ2) is 10.4. The maximum Gasteiger partial charge on any atom is 0.258 e. The molecule has 4 nitrogen and oxygen atoms in total. The first-order valence-corrected chi connectivity index (χ1v) is 9.99. The van der Waals surface area contributed by atoms with E-state index >= 15 is 0 Å². The number of nitrogens with one attached hydrogen (secondary N) is 2. The fourth-order valence-corrected chi connectivity index (χ4v) is 3.28. The van der Waals surface area contributed by atoms with Crippen molar-refractivity contribution in [3.05, 3.63) is 101 Å². The highest BCUT2D eigenvalue weighted by Crippen LogP contribution is 2.21. The van der Waals surface area contributed by atoms with Gasteiger partial charge in [-0.05, 0) is 22.8 Å². The van der Waals surface area contributed by atoms with Crippen LogP contribution in [-0.2, 0) is 24.3 Å². The van der Waals surface area contributed by atoms with E-state index in [-0.39, 0.29) is 12.5 Å². The lowest BCUT2D eigenvalue weighted by atomic mass is 10.0. The van der Waals surface area contributed by atoms with Crippen molar-refractivity contribution in [1.82, 2.24) is 5.32 Å². The monoisotopic (exact) mass is 389 g/mol. The van der Waals surface area contributed by atoms with E-state index in [9.17, 15) is 4.79 Å². The number of hydrogen-bond donors (Lipinski definition) is 2. The Kier molecular flexibility index (Phi) is 7.42. The van der Waals surface area contributed by atoms with Gasteiger partial charge in [-0.3, -0.25) is 4.79 Å². The summed E-state index contributed by atoms with van der Waals surface area (Å²) >= 11 is 0. The van der Waals surface area contributed by atoms with Crippen molar-refractivity contribution in [3.8, 4) is 5.75 Å². The Morgan fingerprint density at radius 2 is 1.45 bits per heavy atom. The van der Waals surface area contributed by atoms with E-state index in [2.05, 4.69) is 43.7 Å². The van der Waals surface area contributed by atoms with Crippen molar-refractivity contribution >= 4 is 5.91 Å². The molecule has 0 bridgehead atoms. The van der Waals surface area contributed by atoms with Crippen molar-refractivity contribution in [2.45, 2.75) is 19.5 Å². The summed E-state index contributed by atoms with van der Waals surface area (Å²) in [6.45, 7) is 1.44. The predicted octanol–water partition coefficient (Wildman–Crippen LogP) is 2.62. The maximum atomic E-state index is 12.4. The molecule has 0 heterocycles. The number of benzene rings is 3. The highest BCUT2D eigenvalue weighted by Gasteiger charge is 2.09. The Bertz CT molecular complexity index is 923. The largest absolute Gasteiger partial charge is 0.483 e. The second-order valence-corrected chi connectivity index (χ2v) is 7.49. The Balaban J connectivity index is 1.55. The molecule has 0 unspecified atom stereocenters. The van der Waals surface area contributed by atoms with Gasteiger partial charge in [-0.15, -0.1) is 0 Å². The van der Waals surface area contributed by atoms with Crippen LogP contribution in [0.5, 0.6) is 5.75 Å². The number of quaternary nitrogens is 1. The van der Waals surface area contributed by atoms with Crippen LogP contribution in [0.1, 0.15) is 22.3 Å². The van der Waals surface area contributed by atoms with Crippen LogP contribution in [0.2, 0.25) is 0 Å². The van der Waals surface area contributed by atoms with E-state index < -0.39 is 0 Å². The molecule has 3 aromatic carbocycles. The van der Waals surface area contributed by atoms with Crippen molar-refractivity contribution in [2.24, 2.45) is 0 Å². The van der Waals surface area contributed by atoms with Crippen molar-refractivity contribution < 1.29 is 14.4 Å². The molecule has 150 valence electrons. The third-order valence-electron chi connectivity index (χ3n) is 4.71. The van der Waals surface area contributed by atoms with E-state index in [1.54, 1.807) is 0 Å². The molecule has 3 aromatic rings. The molecule has 0 saturated carbocycles. The summed E-state index contributed by atoms with van der Waals surface area (Å²) in [5.41, 5.74) is 4.69. The van der Waals surface area contributed by atoms with Crippen LogP contribution in [0, 0.1) is 0 Å². The van der Waals surface area contributed by atoms with Gasteiger partial charge in [0, 0.05) is 18.5 Å². The van der Waals surface area contributed by atoms with Gasteiger partial charge in [-0.1, -0.05) is 72.8 Å². The second-order valence-electron chi connectivity index (χ2n) is 7.49. The van der Waals surface area contributed by atoms with Gasteiger partial charge in [0.25, 0.3) is 5.91 Å². The number of ether oxygens (including phenoxy) is 1. The molecule has 0 aliphatic rings. The minimum Gasteiger partial charge on any atom is -0.483 e. The van der Waals surface area contributed by atoms with Crippen LogP contribution >= 0.6 is 0 Å². The van der Waals surface area contributed by atoms with Crippen LogP contribution in [-0.4, -0.2) is 26.6 Å². The molecule has 0 aromatic heterocycles. The summed E-state index contributed by atoms with van der Waals surface area (Å²) in [6, 6.07) is 26.4. The number of amides is 1. The van der Waals surface area contributed by atoms with E-state index in [1.807, 2.05) is 54.6 Å². The summed E-state index contributed by atoms with van der Waals surface area (Å²) in [6.07, 6.45) is 0.777. The molecule has 0 fully saturated rings. The van der Waals surface area contributed by atoms with Crippen LogP contribution in [0.4, 0.5) is 0 Å². The summed E-state index contributed by atoms with van der Waals surface area (Å²) in [4.78, 5) is 13.7. The smallest absolute Gasteiger partial charge is 0.258 e. The zero-order valence-corrected chi connectivity index (χ0v) is 17.2. The fraction of sp³-hybridized carbons (Fsp3) is 0.240. The summed E-state index contributed by atoms with van der Waals surface area (Å²) in [5, 5.41) is 2.98. The number of carbonyl (C=O) groups excluding carboxylic acids is 1. The molecule has 2 N–H and O–H groups in total. The SMILES string of the molecule is C[NH+](C)Cc1ccccc1CNC(=O)COc1ccccc1Cc1ccccc1. The average Bonchev–Trinajstić information content (AvgIpc) is 2.73. The van der Waals surface area contributed by atoms with Gasteiger partial charge in [0.15, 0.2) is 6.61 Å². The molecule has 0 saturated heterocycles. The van der Waals surface area contributed by atoms with Crippen LogP contribution in [0.15, 0.2) is 78.9 Å². The number of hydrogen-bond acceptors (Lipinski definition) is 2. The lowest BCUT2D eigenvalue weighted by Crippen LogP contribution is -3.04.